The summed E-state index contributed by atoms with van der Waals surface area (Å²) in [5.74, 6) is -0.947. The molecule has 5 heteroatoms. The lowest BCUT2D eigenvalue weighted by molar-refractivity contribution is 0.0733. The molecule has 0 saturated heterocycles. The Morgan fingerprint density at radius 3 is 2.50 bits per heavy atom. The number of ether oxygens (including phenoxy) is 1. The van der Waals surface area contributed by atoms with Gasteiger partial charge >= 0.3 is 5.97 Å². The van der Waals surface area contributed by atoms with E-state index >= 15 is 0 Å². The fourth-order valence-electron chi connectivity index (χ4n) is 1.35. The van der Waals surface area contributed by atoms with Crippen LogP contribution in [0.4, 0.5) is 0 Å². The van der Waals surface area contributed by atoms with Gasteiger partial charge in [-0.15, -0.1) is 0 Å². The zero-order chi connectivity index (χ0) is 13.0. The maximum Gasteiger partial charge on any atom is 0.343 e. The number of amides is 1. The van der Waals surface area contributed by atoms with Crippen molar-refractivity contribution >= 4 is 11.9 Å². The number of hydrogen-bond donors (Lipinski definition) is 1. The highest BCUT2D eigenvalue weighted by Gasteiger charge is 2.09. The van der Waals surface area contributed by atoms with E-state index in [9.17, 15) is 9.59 Å². The minimum Gasteiger partial charge on any atom is -0.423 e. The van der Waals surface area contributed by atoms with E-state index in [4.69, 9.17) is 10.5 Å². The summed E-state index contributed by atoms with van der Waals surface area (Å²) in [6, 6.07) is 11.3. The standard InChI is InChI=1S/C13H10N2O3/c14-12(16)11-8-10(6-7-15-11)18-13(17)9-4-2-1-3-5-9/h1-8H,(H2,14,16). The molecule has 0 aliphatic heterocycles. The SMILES string of the molecule is NC(=O)c1cc(OC(=O)c2ccccc2)ccn1. The lowest BCUT2D eigenvalue weighted by Gasteiger charge is -2.04. The molecule has 0 aliphatic carbocycles. The molecule has 0 radical (unpaired) electrons. The van der Waals surface area contributed by atoms with Crippen LogP contribution >= 0.6 is 0 Å². The number of primary amides is 1. The third-order valence-corrected chi connectivity index (χ3v) is 2.20. The van der Waals surface area contributed by atoms with E-state index in [0.717, 1.165) is 0 Å². The zero-order valence-corrected chi connectivity index (χ0v) is 9.37. The van der Waals surface area contributed by atoms with Crippen LogP contribution in [0.3, 0.4) is 0 Å². The van der Waals surface area contributed by atoms with Crippen LogP contribution in [0.2, 0.25) is 0 Å². The monoisotopic (exact) mass is 242 g/mol. The van der Waals surface area contributed by atoms with E-state index in [1.807, 2.05) is 0 Å². The van der Waals surface area contributed by atoms with E-state index in [-0.39, 0.29) is 11.4 Å². The van der Waals surface area contributed by atoms with Gasteiger partial charge in [0.25, 0.3) is 5.91 Å². The fraction of sp³-hybridized carbons (Fsp3) is 0. The Labute approximate surface area is 103 Å². The number of carbonyl (C=O) groups is 2. The average Bonchev–Trinajstić information content (AvgIpc) is 2.40. The summed E-state index contributed by atoms with van der Waals surface area (Å²) in [6.07, 6.45) is 1.35. The molecule has 0 spiro atoms. The molecule has 1 heterocycles. The van der Waals surface area contributed by atoms with Crippen LogP contribution in [0.1, 0.15) is 20.8 Å². The van der Waals surface area contributed by atoms with Gasteiger partial charge in [0.2, 0.25) is 0 Å². The second-order valence-electron chi connectivity index (χ2n) is 3.50. The Kier molecular flexibility index (Phi) is 3.33. The summed E-state index contributed by atoms with van der Waals surface area (Å²) in [5, 5.41) is 0. The highest BCUT2D eigenvalue weighted by molar-refractivity contribution is 5.93. The number of pyridine rings is 1. The van der Waals surface area contributed by atoms with Gasteiger partial charge in [0.1, 0.15) is 11.4 Å². The number of hydrogen-bond acceptors (Lipinski definition) is 4. The molecule has 0 atom stereocenters. The predicted molar refractivity (Wildman–Crippen MR) is 64.2 cm³/mol. The van der Waals surface area contributed by atoms with Crippen LogP contribution in [-0.2, 0) is 0 Å². The van der Waals surface area contributed by atoms with E-state index in [1.165, 1.54) is 18.3 Å². The number of rotatable bonds is 3. The second kappa shape index (κ2) is 5.09. The maximum absolute atomic E-state index is 11.7. The van der Waals surface area contributed by atoms with Gasteiger partial charge in [-0.2, -0.15) is 0 Å². The van der Waals surface area contributed by atoms with Gasteiger partial charge in [-0.1, -0.05) is 18.2 Å². The first-order valence-corrected chi connectivity index (χ1v) is 5.20. The van der Waals surface area contributed by atoms with Crippen molar-refractivity contribution in [3.63, 3.8) is 0 Å². The Bertz CT molecular complexity index is 582. The molecule has 18 heavy (non-hydrogen) atoms. The van der Waals surface area contributed by atoms with E-state index in [1.54, 1.807) is 30.3 Å². The molecule has 2 aromatic rings. The quantitative estimate of drug-likeness (QED) is 0.825. The van der Waals surface area contributed by atoms with Crippen LogP contribution in [0.5, 0.6) is 5.75 Å². The van der Waals surface area contributed by atoms with Gasteiger partial charge in [0.15, 0.2) is 0 Å². The smallest absolute Gasteiger partial charge is 0.343 e. The van der Waals surface area contributed by atoms with Gasteiger partial charge in [-0.25, -0.2) is 4.79 Å². The number of nitrogens with zero attached hydrogens (tertiary/aromatic N) is 1. The molecule has 0 aliphatic rings. The summed E-state index contributed by atoms with van der Waals surface area (Å²) in [6.45, 7) is 0. The summed E-state index contributed by atoms with van der Waals surface area (Å²) in [7, 11) is 0. The molecule has 1 amide bonds. The Balaban J connectivity index is 2.17. The molecule has 2 N–H and O–H groups in total. The number of carbonyl (C=O) groups excluding carboxylic acids is 2. The third kappa shape index (κ3) is 2.70. The van der Waals surface area contributed by atoms with E-state index in [0.29, 0.717) is 5.56 Å². The summed E-state index contributed by atoms with van der Waals surface area (Å²) >= 11 is 0. The van der Waals surface area contributed by atoms with Crippen molar-refractivity contribution in [2.24, 2.45) is 5.73 Å². The molecule has 0 unspecified atom stereocenters. The Hall–Kier alpha value is -2.69. The molecule has 0 bridgehead atoms. The number of benzene rings is 1. The summed E-state index contributed by atoms with van der Waals surface area (Å²) < 4.78 is 5.10. The molecule has 1 aromatic carbocycles. The van der Waals surface area contributed by atoms with Crippen molar-refractivity contribution in [3.05, 3.63) is 59.9 Å². The highest BCUT2D eigenvalue weighted by Crippen LogP contribution is 2.13. The van der Waals surface area contributed by atoms with Crippen LogP contribution in [0, 0.1) is 0 Å². The lowest BCUT2D eigenvalue weighted by Crippen LogP contribution is -2.14. The molecule has 5 nitrogen and oxygen atoms in total. The average molecular weight is 242 g/mol. The molecular formula is C13H10N2O3. The zero-order valence-electron chi connectivity index (χ0n) is 9.37. The largest absolute Gasteiger partial charge is 0.423 e. The van der Waals surface area contributed by atoms with Crippen LogP contribution in [-0.4, -0.2) is 16.9 Å². The highest BCUT2D eigenvalue weighted by atomic mass is 16.5. The van der Waals surface area contributed by atoms with Crippen molar-refractivity contribution in [2.45, 2.75) is 0 Å². The first-order valence-electron chi connectivity index (χ1n) is 5.20. The van der Waals surface area contributed by atoms with Crippen LogP contribution in [0.25, 0.3) is 0 Å². The van der Waals surface area contributed by atoms with Crippen LogP contribution < -0.4 is 10.5 Å². The number of aromatic nitrogens is 1. The lowest BCUT2D eigenvalue weighted by atomic mass is 10.2. The molecule has 0 saturated carbocycles. The van der Waals surface area contributed by atoms with E-state index < -0.39 is 11.9 Å². The normalized spacial score (nSPS) is 9.78. The fourth-order valence-corrected chi connectivity index (χ4v) is 1.35. The Morgan fingerprint density at radius 1 is 1.11 bits per heavy atom. The first-order chi connectivity index (χ1) is 8.66. The van der Waals surface area contributed by atoms with Crippen molar-refractivity contribution in [2.75, 3.05) is 0 Å². The van der Waals surface area contributed by atoms with Crippen LogP contribution in [0.15, 0.2) is 48.7 Å². The summed E-state index contributed by atoms with van der Waals surface area (Å²) in [4.78, 5) is 26.4. The van der Waals surface area contributed by atoms with Crippen molar-refractivity contribution in [1.29, 1.82) is 0 Å². The molecule has 1 aromatic heterocycles. The minimum absolute atomic E-state index is 0.0494. The second-order valence-corrected chi connectivity index (χ2v) is 3.50. The van der Waals surface area contributed by atoms with Crippen molar-refractivity contribution < 1.29 is 14.3 Å². The van der Waals surface area contributed by atoms with Crippen molar-refractivity contribution in [3.8, 4) is 5.75 Å². The van der Waals surface area contributed by atoms with E-state index in [2.05, 4.69) is 4.98 Å². The molecule has 2 rings (SSSR count). The first kappa shape index (κ1) is 11.8. The van der Waals surface area contributed by atoms with Gasteiger partial charge < -0.3 is 10.5 Å². The predicted octanol–water partition coefficient (Wildman–Crippen LogP) is 1.40. The topological polar surface area (TPSA) is 82.3 Å². The maximum atomic E-state index is 11.7. The minimum atomic E-state index is -0.674. The van der Waals surface area contributed by atoms with Gasteiger partial charge in [0.05, 0.1) is 5.56 Å². The number of nitrogens with two attached hydrogens (primary N) is 1. The Morgan fingerprint density at radius 2 is 1.83 bits per heavy atom. The van der Waals surface area contributed by atoms with Gasteiger partial charge in [0, 0.05) is 12.3 Å². The number of esters is 1. The van der Waals surface area contributed by atoms with Crippen molar-refractivity contribution in [1.82, 2.24) is 4.98 Å². The summed E-state index contributed by atoms with van der Waals surface area (Å²) in [5.41, 5.74) is 5.56. The molecule has 90 valence electrons. The molecule has 0 fully saturated rings. The molecular weight excluding hydrogens is 232 g/mol. The van der Waals surface area contributed by atoms with Gasteiger partial charge in [-0.3, -0.25) is 9.78 Å². The third-order valence-electron chi connectivity index (χ3n) is 2.20. The van der Waals surface area contributed by atoms with Gasteiger partial charge in [-0.05, 0) is 18.2 Å².